The first-order valence-electron chi connectivity index (χ1n) is 5.37. The Hall–Kier alpha value is -2.14. The Morgan fingerprint density at radius 3 is 2.89 bits per heavy atom. The number of hydrogen-bond acceptors (Lipinski definition) is 4. The first-order chi connectivity index (χ1) is 8.63. The number of nitrogen functional groups attached to an aromatic ring is 1. The van der Waals surface area contributed by atoms with Gasteiger partial charge in [0.2, 0.25) is 5.95 Å². The lowest BCUT2D eigenvalue weighted by Crippen LogP contribution is -1.97. The second-order valence-electron chi connectivity index (χ2n) is 3.95. The Balaban J connectivity index is 2.21. The molecule has 3 rings (SSSR count). The fourth-order valence-corrected chi connectivity index (χ4v) is 2.04. The van der Waals surface area contributed by atoms with Crippen molar-refractivity contribution in [3.8, 4) is 11.3 Å². The minimum Gasteiger partial charge on any atom is -0.368 e. The molecule has 0 aromatic carbocycles. The second-order valence-corrected chi connectivity index (χ2v) is 4.34. The monoisotopic (exact) mass is 259 g/mol. The molecule has 0 fully saturated rings. The molecule has 6 heteroatoms. The molecule has 90 valence electrons. The summed E-state index contributed by atoms with van der Waals surface area (Å²) in [7, 11) is 0. The standard InChI is InChI=1S/C12H10ClN5/c1-7-15-5-9-3-2-8(6-18(7)9)10-4-11(13)17-12(14)16-10/h2-6H,1H3,(H2,14,16,17). The number of halogens is 1. The first kappa shape index (κ1) is 11.0. The van der Waals surface area contributed by atoms with E-state index >= 15 is 0 Å². The molecule has 0 aliphatic carbocycles. The predicted octanol–water partition coefficient (Wildman–Crippen LogP) is 2.34. The van der Waals surface area contributed by atoms with Gasteiger partial charge in [0.25, 0.3) is 0 Å². The van der Waals surface area contributed by atoms with Crippen molar-refractivity contribution in [2.45, 2.75) is 6.92 Å². The van der Waals surface area contributed by atoms with Crippen LogP contribution in [0.4, 0.5) is 5.95 Å². The summed E-state index contributed by atoms with van der Waals surface area (Å²) in [5.41, 5.74) is 8.24. The molecule has 0 atom stereocenters. The van der Waals surface area contributed by atoms with Gasteiger partial charge < -0.3 is 10.1 Å². The van der Waals surface area contributed by atoms with Gasteiger partial charge in [-0.05, 0) is 19.1 Å². The van der Waals surface area contributed by atoms with Gasteiger partial charge in [0.1, 0.15) is 11.0 Å². The van der Waals surface area contributed by atoms with Crippen LogP contribution in [0, 0.1) is 6.92 Å². The van der Waals surface area contributed by atoms with Crippen LogP contribution in [0.1, 0.15) is 5.82 Å². The number of nitrogens with two attached hydrogens (primary N) is 1. The lowest BCUT2D eigenvalue weighted by atomic mass is 10.2. The maximum Gasteiger partial charge on any atom is 0.221 e. The van der Waals surface area contributed by atoms with E-state index in [1.807, 2.05) is 35.9 Å². The van der Waals surface area contributed by atoms with Gasteiger partial charge in [0.05, 0.1) is 17.4 Å². The van der Waals surface area contributed by atoms with Crippen LogP contribution >= 0.6 is 11.6 Å². The maximum atomic E-state index is 5.88. The highest BCUT2D eigenvalue weighted by molar-refractivity contribution is 6.29. The number of pyridine rings is 1. The van der Waals surface area contributed by atoms with Crippen molar-refractivity contribution in [1.82, 2.24) is 19.4 Å². The molecule has 0 unspecified atom stereocenters. The molecule has 0 amide bonds. The third-order valence-electron chi connectivity index (χ3n) is 2.72. The van der Waals surface area contributed by atoms with E-state index in [2.05, 4.69) is 15.0 Å². The summed E-state index contributed by atoms with van der Waals surface area (Å²) in [4.78, 5) is 12.3. The Kier molecular flexibility index (Phi) is 2.41. The molecule has 3 aromatic rings. The van der Waals surface area contributed by atoms with Gasteiger partial charge in [-0.3, -0.25) is 0 Å². The molecule has 0 aliphatic rings. The minimum absolute atomic E-state index is 0.167. The van der Waals surface area contributed by atoms with Gasteiger partial charge in [-0.1, -0.05) is 11.6 Å². The first-order valence-corrected chi connectivity index (χ1v) is 5.75. The lowest BCUT2D eigenvalue weighted by molar-refractivity contribution is 1.04. The van der Waals surface area contributed by atoms with Crippen LogP contribution in [-0.2, 0) is 0 Å². The number of fused-ring (bicyclic) bond motifs is 1. The molecule has 0 bridgehead atoms. The Labute approximate surface area is 108 Å². The highest BCUT2D eigenvalue weighted by Crippen LogP contribution is 2.21. The zero-order valence-electron chi connectivity index (χ0n) is 9.63. The molecule has 3 heterocycles. The highest BCUT2D eigenvalue weighted by Gasteiger charge is 2.06. The van der Waals surface area contributed by atoms with Crippen molar-refractivity contribution < 1.29 is 0 Å². The van der Waals surface area contributed by atoms with E-state index in [0.717, 1.165) is 16.9 Å². The number of aryl methyl sites for hydroxylation is 1. The zero-order chi connectivity index (χ0) is 12.7. The van der Waals surface area contributed by atoms with Gasteiger partial charge in [-0.2, -0.15) is 0 Å². The molecule has 2 N–H and O–H groups in total. The molecule has 18 heavy (non-hydrogen) atoms. The quantitative estimate of drug-likeness (QED) is 0.681. The van der Waals surface area contributed by atoms with Gasteiger partial charge in [-0.25, -0.2) is 15.0 Å². The summed E-state index contributed by atoms with van der Waals surface area (Å²) in [6.45, 7) is 1.94. The second kappa shape index (κ2) is 3.96. The molecule has 0 saturated carbocycles. The molecule has 3 aromatic heterocycles. The van der Waals surface area contributed by atoms with Crippen LogP contribution in [-0.4, -0.2) is 19.4 Å². The summed E-state index contributed by atoms with van der Waals surface area (Å²) in [6.07, 6.45) is 3.77. The molecule has 5 nitrogen and oxygen atoms in total. The summed E-state index contributed by atoms with van der Waals surface area (Å²) < 4.78 is 1.99. The van der Waals surface area contributed by atoms with Crippen LogP contribution in [0.3, 0.4) is 0 Å². The lowest BCUT2D eigenvalue weighted by Gasteiger charge is -2.04. The third kappa shape index (κ3) is 1.78. The third-order valence-corrected chi connectivity index (χ3v) is 2.91. The Bertz CT molecular complexity index is 714. The van der Waals surface area contributed by atoms with Crippen LogP contribution < -0.4 is 5.73 Å². The topological polar surface area (TPSA) is 69.1 Å². The van der Waals surface area contributed by atoms with Crippen molar-refractivity contribution in [2.75, 3.05) is 5.73 Å². The number of rotatable bonds is 1. The number of anilines is 1. The van der Waals surface area contributed by atoms with Gasteiger partial charge in [0, 0.05) is 17.8 Å². The number of nitrogens with zero attached hydrogens (tertiary/aromatic N) is 4. The molecule has 0 aliphatic heterocycles. The van der Waals surface area contributed by atoms with Crippen molar-refractivity contribution in [2.24, 2.45) is 0 Å². The van der Waals surface area contributed by atoms with Crippen LogP contribution in [0.25, 0.3) is 16.8 Å². The van der Waals surface area contributed by atoms with E-state index < -0.39 is 0 Å². The van der Waals surface area contributed by atoms with Gasteiger partial charge in [0.15, 0.2) is 0 Å². The summed E-state index contributed by atoms with van der Waals surface area (Å²) in [5.74, 6) is 1.08. The van der Waals surface area contributed by atoms with E-state index in [9.17, 15) is 0 Å². The average Bonchev–Trinajstić information content (AvgIpc) is 2.69. The summed E-state index contributed by atoms with van der Waals surface area (Å²) >= 11 is 5.88. The summed E-state index contributed by atoms with van der Waals surface area (Å²) in [6, 6.07) is 5.61. The predicted molar refractivity (Wildman–Crippen MR) is 70.4 cm³/mol. The average molecular weight is 260 g/mol. The van der Waals surface area contributed by atoms with Gasteiger partial charge >= 0.3 is 0 Å². The van der Waals surface area contributed by atoms with E-state index in [1.165, 1.54) is 0 Å². The molecular formula is C12H10ClN5. The molecule has 0 radical (unpaired) electrons. The highest BCUT2D eigenvalue weighted by atomic mass is 35.5. The zero-order valence-corrected chi connectivity index (χ0v) is 10.4. The normalized spacial score (nSPS) is 11.0. The smallest absolute Gasteiger partial charge is 0.221 e. The fourth-order valence-electron chi connectivity index (χ4n) is 1.85. The number of imidazole rings is 1. The SMILES string of the molecule is Cc1ncc2ccc(-c3cc(Cl)nc(N)n3)cn12. The van der Waals surface area contributed by atoms with E-state index in [1.54, 1.807) is 6.07 Å². The molecule has 0 spiro atoms. The maximum absolute atomic E-state index is 5.88. The Morgan fingerprint density at radius 1 is 1.28 bits per heavy atom. The van der Waals surface area contributed by atoms with Crippen molar-refractivity contribution in [3.63, 3.8) is 0 Å². The van der Waals surface area contributed by atoms with E-state index in [4.69, 9.17) is 17.3 Å². The van der Waals surface area contributed by atoms with Gasteiger partial charge in [-0.15, -0.1) is 0 Å². The molecular weight excluding hydrogens is 250 g/mol. The molecule has 0 saturated heterocycles. The van der Waals surface area contributed by atoms with E-state index in [0.29, 0.717) is 10.8 Å². The van der Waals surface area contributed by atoms with Crippen LogP contribution in [0.5, 0.6) is 0 Å². The van der Waals surface area contributed by atoms with Crippen molar-refractivity contribution in [1.29, 1.82) is 0 Å². The van der Waals surface area contributed by atoms with Crippen molar-refractivity contribution >= 4 is 23.1 Å². The Morgan fingerprint density at radius 2 is 2.11 bits per heavy atom. The van der Waals surface area contributed by atoms with E-state index in [-0.39, 0.29) is 5.95 Å². The minimum atomic E-state index is 0.167. The number of hydrogen-bond donors (Lipinski definition) is 1. The number of aromatic nitrogens is 4. The summed E-state index contributed by atoms with van der Waals surface area (Å²) in [5, 5.41) is 0.333. The fraction of sp³-hybridized carbons (Fsp3) is 0.0833. The van der Waals surface area contributed by atoms with Crippen molar-refractivity contribution in [3.05, 3.63) is 41.6 Å². The van der Waals surface area contributed by atoms with Crippen LogP contribution in [0.15, 0.2) is 30.6 Å². The van der Waals surface area contributed by atoms with Crippen LogP contribution in [0.2, 0.25) is 5.15 Å². The largest absolute Gasteiger partial charge is 0.368 e.